The molecular weight excluding hydrogens is 335 g/mol. The Labute approximate surface area is 345 Å². The first-order valence-corrected chi connectivity index (χ1v) is 3.00. The van der Waals surface area contributed by atoms with Gasteiger partial charge in [0.15, 0.2) is 0 Å². The van der Waals surface area contributed by atoms with E-state index in [-0.39, 0.29) is 321 Å². The standard InChI is InChI=1S/C6H12.6K.2H3N.6H/c1-2-4-6-5-3-1;;;;;;;;;;;;;;/h1-6H2;;;;;;;2*1H3;;;;;;. The van der Waals surface area contributed by atoms with Crippen LogP contribution in [-0.4, -0.2) is 308 Å². The van der Waals surface area contributed by atoms with Crippen LogP contribution >= 0.6 is 0 Å². The molecule has 0 aliphatic heterocycles. The van der Waals surface area contributed by atoms with Crippen molar-refractivity contribution in [2.24, 2.45) is 0 Å². The van der Waals surface area contributed by atoms with Crippen molar-refractivity contribution in [3.63, 3.8) is 0 Å². The fraction of sp³-hybridized carbons (Fsp3) is 1.00. The van der Waals surface area contributed by atoms with Gasteiger partial charge in [0.05, 0.1) is 0 Å². The van der Waals surface area contributed by atoms with Crippen molar-refractivity contribution in [3.05, 3.63) is 0 Å². The van der Waals surface area contributed by atoms with Crippen molar-refractivity contribution in [2.45, 2.75) is 38.5 Å². The fourth-order valence-corrected chi connectivity index (χ4v) is 1.06. The third kappa shape index (κ3) is 37.7. The van der Waals surface area contributed by atoms with Crippen LogP contribution in [0.2, 0.25) is 0 Å². The average molecular weight is 359 g/mol. The summed E-state index contributed by atoms with van der Waals surface area (Å²) in [6, 6.07) is 0. The summed E-state index contributed by atoms with van der Waals surface area (Å²) < 4.78 is 0. The van der Waals surface area contributed by atoms with Gasteiger partial charge in [0, 0.05) is 0 Å². The fourth-order valence-electron chi connectivity index (χ4n) is 1.06. The number of hydrogen-bond acceptors (Lipinski definition) is 2. The SMILES string of the molecule is C1CCCCC1.N.N.[KH].[KH].[KH].[KH].[KH].[KH]. The van der Waals surface area contributed by atoms with E-state index in [0.29, 0.717) is 0 Å². The zero-order valence-electron chi connectivity index (χ0n) is 5.66. The quantitative estimate of drug-likeness (QED) is 0.533. The molecule has 14 heavy (non-hydrogen) atoms. The summed E-state index contributed by atoms with van der Waals surface area (Å²) in [6.45, 7) is 0. The normalized spacial score (nSPS) is 10.3. The molecule has 64 valence electrons. The summed E-state index contributed by atoms with van der Waals surface area (Å²) in [5, 5.41) is 0. The average Bonchev–Trinajstić information content (AvgIpc) is 1.72. The van der Waals surface area contributed by atoms with Crippen LogP contribution in [0.25, 0.3) is 0 Å². The van der Waals surface area contributed by atoms with Crippen LogP contribution in [-0.2, 0) is 0 Å². The van der Waals surface area contributed by atoms with Crippen LogP contribution in [0.3, 0.4) is 0 Å². The van der Waals surface area contributed by atoms with E-state index in [0.717, 1.165) is 0 Å². The minimum absolute atomic E-state index is 0. The first-order valence-electron chi connectivity index (χ1n) is 3.00. The van der Waals surface area contributed by atoms with E-state index in [1.165, 1.54) is 38.5 Å². The van der Waals surface area contributed by atoms with Gasteiger partial charge in [-0.2, -0.15) is 0 Å². The molecule has 1 aliphatic rings. The van der Waals surface area contributed by atoms with Crippen molar-refractivity contribution in [1.82, 2.24) is 12.3 Å². The van der Waals surface area contributed by atoms with Gasteiger partial charge in [0.1, 0.15) is 0 Å². The van der Waals surface area contributed by atoms with E-state index in [2.05, 4.69) is 0 Å². The zero-order chi connectivity index (χ0) is 4.24. The Balaban J connectivity index is -0.00000000750. The summed E-state index contributed by atoms with van der Waals surface area (Å²) in [5.41, 5.74) is 0. The van der Waals surface area contributed by atoms with E-state index in [1.54, 1.807) is 0 Å². The van der Waals surface area contributed by atoms with Crippen LogP contribution in [0.1, 0.15) is 38.5 Å². The number of rotatable bonds is 0. The maximum atomic E-state index is 1.50. The van der Waals surface area contributed by atoms with Crippen LogP contribution < -0.4 is 12.3 Å². The zero-order valence-corrected chi connectivity index (χ0v) is 5.66. The van der Waals surface area contributed by atoms with Gasteiger partial charge in [0.25, 0.3) is 0 Å². The molecular formula is C6H24K6N2. The molecule has 0 aromatic rings. The molecule has 0 unspecified atom stereocenters. The Morgan fingerprint density at radius 3 is 0.429 bits per heavy atom. The summed E-state index contributed by atoms with van der Waals surface area (Å²) >= 11 is 0. The Morgan fingerprint density at radius 1 is 0.286 bits per heavy atom. The molecule has 0 saturated heterocycles. The molecule has 2 nitrogen and oxygen atoms in total. The summed E-state index contributed by atoms with van der Waals surface area (Å²) in [4.78, 5) is 0. The van der Waals surface area contributed by atoms with Gasteiger partial charge >= 0.3 is 308 Å². The van der Waals surface area contributed by atoms with Crippen molar-refractivity contribution < 1.29 is 0 Å². The maximum absolute atomic E-state index is 1.50. The van der Waals surface area contributed by atoms with Crippen LogP contribution in [0.4, 0.5) is 0 Å². The molecule has 1 rings (SSSR count). The van der Waals surface area contributed by atoms with Crippen LogP contribution in [0.15, 0.2) is 0 Å². The topological polar surface area (TPSA) is 70.0 Å². The summed E-state index contributed by atoms with van der Waals surface area (Å²) in [6.07, 6.45) is 9.00. The summed E-state index contributed by atoms with van der Waals surface area (Å²) in [7, 11) is 0. The minimum atomic E-state index is 0. The van der Waals surface area contributed by atoms with E-state index in [9.17, 15) is 0 Å². The van der Waals surface area contributed by atoms with Crippen LogP contribution in [0.5, 0.6) is 0 Å². The van der Waals surface area contributed by atoms with Gasteiger partial charge in [-0.25, -0.2) is 0 Å². The molecule has 0 bridgehead atoms. The summed E-state index contributed by atoms with van der Waals surface area (Å²) in [5.74, 6) is 0. The second kappa shape index (κ2) is 43.4. The molecule has 0 heterocycles. The first kappa shape index (κ1) is 49.6. The van der Waals surface area contributed by atoms with E-state index in [1.807, 2.05) is 0 Å². The van der Waals surface area contributed by atoms with Crippen molar-refractivity contribution in [2.75, 3.05) is 0 Å². The van der Waals surface area contributed by atoms with Gasteiger partial charge in [-0.15, -0.1) is 0 Å². The number of hydrogen-bond donors (Lipinski definition) is 2. The molecule has 0 aromatic carbocycles. The van der Waals surface area contributed by atoms with Crippen molar-refractivity contribution >= 4 is 308 Å². The Kier molecular flexibility index (Phi) is 154. The molecule has 0 amide bonds. The third-order valence-electron chi connectivity index (χ3n) is 1.50. The molecule has 0 aromatic heterocycles. The van der Waals surface area contributed by atoms with Gasteiger partial charge in [-0.3, -0.25) is 0 Å². The predicted molar refractivity (Wildman–Crippen MR) is 80.6 cm³/mol. The molecule has 0 atom stereocenters. The predicted octanol–water partition coefficient (Wildman–Crippen LogP) is -1.23. The molecule has 0 spiro atoms. The molecule has 1 aliphatic carbocycles. The second-order valence-electron chi connectivity index (χ2n) is 2.12. The molecule has 6 N–H and O–H groups in total. The van der Waals surface area contributed by atoms with Crippen LogP contribution in [0, 0.1) is 0 Å². The Hall–Kier alpha value is 9.74. The van der Waals surface area contributed by atoms with Crippen molar-refractivity contribution in [1.29, 1.82) is 0 Å². The van der Waals surface area contributed by atoms with E-state index in [4.69, 9.17) is 0 Å². The monoisotopic (exact) mass is 358 g/mol. The molecule has 1 fully saturated rings. The molecule has 1 saturated carbocycles. The van der Waals surface area contributed by atoms with E-state index < -0.39 is 0 Å². The Morgan fingerprint density at radius 2 is 0.357 bits per heavy atom. The van der Waals surface area contributed by atoms with Gasteiger partial charge in [-0.1, -0.05) is 38.5 Å². The third-order valence-corrected chi connectivity index (χ3v) is 1.50. The molecule has 8 heteroatoms. The van der Waals surface area contributed by atoms with E-state index >= 15 is 0 Å². The van der Waals surface area contributed by atoms with Gasteiger partial charge < -0.3 is 12.3 Å². The first-order chi connectivity index (χ1) is 3.00. The second-order valence-corrected chi connectivity index (χ2v) is 2.12. The van der Waals surface area contributed by atoms with Gasteiger partial charge in [0.2, 0.25) is 0 Å². The Bertz CT molecular complexity index is 35.8. The van der Waals surface area contributed by atoms with Gasteiger partial charge in [-0.05, 0) is 0 Å². The van der Waals surface area contributed by atoms with Crippen molar-refractivity contribution in [3.8, 4) is 0 Å². The molecule has 0 radical (unpaired) electrons.